The number of benzene rings is 1. The second-order valence-corrected chi connectivity index (χ2v) is 7.08. The van der Waals surface area contributed by atoms with Crippen LogP contribution in [-0.2, 0) is 16.3 Å². The summed E-state index contributed by atoms with van der Waals surface area (Å²) in [6.45, 7) is 6.30. The molecule has 122 valence electrons. The Morgan fingerprint density at radius 1 is 1.30 bits per heavy atom. The molecule has 5 heteroatoms. The number of fused-ring (bicyclic) bond motifs is 1. The van der Waals surface area contributed by atoms with E-state index in [4.69, 9.17) is 5.10 Å². The van der Waals surface area contributed by atoms with E-state index >= 15 is 0 Å². The van der Waals surface area contributed by atoms with Crippen LogP contribution in [-0.4, -0.2) is 15.7 Å². The van der Waals surface area contributed by atoms with Gasteiger partial charge in [0.15, 0.2) is 0 Å². The smallest absolute Gasteiger partial charge is 0.225 e. The zero-order valence-electron chi connectivity index (χ0n) is 14.0. The molecule has 1 N–H and O–H groups in total. The maximum absolute atomic E-state index is 12.2. The van der Waals surface area contributed by atoms with Crippen LogP contribution in [0.25, 0.3) is 5.69 Å². The monoisotopic (exact) mass is 329 g/mol. The minimum absolute atomic E-state index is 0.0801. The number of hydrogen-bond acceptors (Lipinski definition) is 3. The largest absolute Gasteiger partial charge is 0.310 e. The molecule has 4 nitrogen and oxygen atoms in total. The Labute approximate surface area is 141 Å². The highest BCUT2D eigenvalue weighted by atomic mass is 32.2. The molecule has 0 unspecified atom stereocenters. The lowest BCUT2D eigenvalue weighted by Crippen LogP contribution is -2.15. The van der Waals surface area contributed by atoms with Gasteiger partial charge in [-0.2, -0.15) is 16.9 Å². The van der Waals surface area contributed by atoms with E-state index in [1.165, 1.54) is 16.7 Å². The Balaban J connectivity index is 1.96. The molecule has 23 heavy (non-hydrogen) atoms. The van der Waals surface area contributed by atoms with Crippen LogP contribution in [0.2, 0.25) is 0 Å². The highest BCUT2D eigenvalue weighted by Gasteiger charge is 2.24. The highest BCUT2D eigenvalue weighted by Crippen LogP contribution is 2.36. The molecule has 1 aliphatic heterocycles. The van der Waals surface area contributed by atoms with E-state index in [1.807, 2.05) is 16.4 Å². The first kappa shape index (κ1) is 16.1. The van der Waals surface area contributed by atoms with Gasteiger partial charge in [-0.3, -0.25) is 4.79 Å². The number of carbonyl (C=O) groups excluding carboxylic acids is 1. The number of hydrogen-bond donors (Lipinski definition) is 1. The molecule has 0 spiro atoms. The van der Waals surface area contributed by atoms with E-state index in [9.17, 15) is 4.79 Å². The van der Waals surface area contributed by atoms with E-state index in [0.29, 0.717) is 6.42 Å². The summed E-state index contributed by atoms with van der Waals surface area (Å²) in [5.41, 5.74) is 5.78. The molecule has 3 rings (SSSR count). The molecule has 0 aliphatic carbocycles. The summed E-state index contributed by atoms with van der Waals surface area (Å²) < 4.78 is 1.90. The molecule has 0 bridgehead atoms. The van der Waals surface area contributed by atoms with Gasteiger partial charge in [0.1, 0.15) is 5.82 Å². The van der Waals surface area contributed by atoms with E-state index in [2.05, 4.69) is 44.3 Å². The summed E-state index contributed by atoms with van der Waals surface area (Å²) in [5.74, 6) is 2.78. The molecular formula is C18H23N3OS. The molecule has 0 radical (unpaired) electrons. The van der Waals surface area contributed by atoms with Crippen molar-refractivity contribution in [1.82, 2.24) is 9.78 Å². The van der Waals surface area contributed by atoms with Crippen molar-refractivity contribution >= 4 is 23.5 Å². The molecule has 2 aromatic rings. The van der Waals surface area contributed by atoms with Gasteiger partial charge in [0.2, 0.25) is 5.91 Å². The van der Waals surface area contributed by atoms with Crippen molar-refractivity contribution in [2.24, 2.45) is 0 Å². The number of aryl methyl sites for hydroxylation is 2. The first-order valence-corrected chi connectivity index (χ1v) is 9.31. The standard InChI is InChI=1S/C18H23N3OS/c1-4-5-6-17(22)19-18-15-10-23-11-16(15)20-21(18)14-8-7-12(2)13(3)9-14/h7-9H,4-6,10-11H2,1-3H3,(H,19,22). The third-order valence-electron chi connectivity index (χ3n) is 4.30. The zero-order chi connectivity index (χ0) is 16.4. The van der Waals surface area contributed by atoms with Crippen molar-refractivity contribution in [2.75, 3.05) is 5.32 Å². The van der Waals surface area contributed by atoms with Crippen LogP contribution >= 0.6 is 11.8 Å². The number of nitrogens with zero attached hydrogens (tertiary/aromatic N) is 2. The average Bonchev–Trinajstić information content (AvgIpc) is 3.11. The van der Waals surface area contributed by atoms with Crippen LogP contribution in [0.1, 0.15) is 48.6 Å². The van der Waals surface area contributed by atoms with Crippen LogP contribution in [0.5, 0.6) is 0 Å². The molecular weight excluding hydrogens is 306 g/mol. The predicted molar refractivity (Wildman–Crippen MR) is 96.2 cm³/mol. The van der Waals surface area contributed by atoms with Gasteiger partial charge in [0.25, 0.3) is 0 Å². The average molecular weight is 329 g/mol. The van der Waals surface area contributed by atoms with Crippen molar-refractivity contribution in [2.45, 2.75) is 51.5 Å². The van der Waals surface area contributed by atoms with Crippen LogP contribution in [0.3, 0.4) is 0 Å². The molecule has 0 saturated carbocycles. The molecule has 1 aliphatic rings. The quantitative estimate of drug-likeness (QED) is 0.886. The number of amides is 1. The number of nitrogens with one attached hydrogen (secondary N) is 1. The topological polar surface area (TPSA) is 46.9 Å². The zero-order valence-corrected chi connectivity index (χ0v) is 14.8. The second-order valence-electron chi connectivity index (χ2n) is 6.10. The number of rotatable bonds is 5. The van der Waals surface area contributed by atoms with Gasteiger partial charge in [0, 0.05) is 23.5 Å². The minimum atomic E-state index is 0.0801. The summed E-state index contributed by atoms with van der Waals surface area (Å²) >= 11 is 1.85. The van der Waals surface area contributed by atoms with Crippen LogP contribution in [0, 0.1) is 13.8 Å². The van der Waals surface area contributed by atoms with Gasteiger partial charge in [-0.25, -0.2) is 4.68 Å². The third kappa shape index (κ3) is 3.29. The van der Waals surface area contributed by atoms with E-state index in [0.717, 1.165) is 41.5 Å². The maximum Gasteiger partial charge on any atom is 0.225 e. The Hall–Kier alpha value is -1.75. The lowest BCUT2D eigenvalue weighted by Gasteiger charge is -2.12. The minimum Gasteiger partial charge on any atom is -0.310 e. The maximum atomic E-state index is 12.2. The first-order valence-electron chi connectivity index (χ1n) is 8.16. The fraction of sp³-hybridized carbons (Fsp3) is 0.444. The summed E-state index contributed by atoms with van der Waals surface area (Å²) in [4.78, 5) is 12.2. The Bertz CT molecular complexity index is 736. The lowest BCUT2D eigenvalue weighted by atomic mass is 10.1. The molecule has 1 aromatic carbocycles. The normalized spacial score (nSPS) is 13.2. The first-order chi connectivity index (χ1) is 11.1. The summed E-state index contributed by atoms with van der Waals surface area (Å²) in [5, 5.41) is 7.85. The van der Waals surface area contributed by atoms with Gasteiger partial charge in [-0.05, 0) is 43.5 Å². The van der Waals surface area contributed by atoms with Crippen molar-refractivity contribution in [3.8, 4) is 5.69 Å². The van der Waals surface area contributed by atoms with Gasteiger partial charge in [-0.1, -0.05) is 19.4 Å². The van der Waals surface area contributed by atoms with Crippen LogP contribution in [0.15, 0.2) is 18.2 Å². The van der Waals surface area contributed by atoms with Gasteiger partial charge in [-0.15, -0.1) is 0 Å². The molecule has 2 heterocycles. The Morgan fingerprint density at radius 3 is 2.87 bits per heavy atom. The fourth-order valence-corrected chi connectivity index (χ4v) is 3.75. The second kappa shape index (κ2) is 6.79. The van der Waals surface area contributed by atoms with Crippen molar-refractivity contribution in [1.29, 1.82) is 0 Å². The molecule has 0 saturated heterocycles. The number of thioether (sulfide) groups is 1. The Morgan fingerprint density at radius 2 is 2.13 bits per heavy atom. The lowest BCUT2D eigenvalue weighted by molar-refractivity contribution is -0.116. The summed E-state index contributed by atoms with van der Waals surface area (Å²) in [7, 11) is 0. The molecule has 1 aromatic heterocycles. The summed E-state index contributed by atoms with van der Waals surface area (Å²) in [6, 6.07) is 6.31. The van der Waals surface area contributed by atoms with E-state index < -0.39 is 0 Å². The Kier molecular flexibility index (Phi) is 4.76. The SMILES string of the molecule is CCCCC(=O)Nc1c2c(nn1-c1ccc(C)c(C)c1)CSC2. The predicted octanol–water partition coefficient (Wildman–Crippen LogP) is 4.36. The number of unbranched alkanes of at least 4 members (excludes halogenated alkanes) is 1. The van der Waals surface area contributed by atoms with E-state index in [1.54, 1.807) is 0 Å². The van der Waals surface area contributed by atoms with Crippen LogP contribution < -0.4 is 5.32 Å². The number of carbonyl (C=O) groups is 1. The van der Waals surface area contributed by atoms with Crippen molar-refractivity contribution in [3.05, 3.63) is 40.6 Å². The van der Waals surface area contributed by atoms with Crippen LogP contribution in [0.4, 0.5) is 5.82 Å². The molecule has 0 fully saturated rings. The number of aromatic nitrogens is 2. The van der Waals surface area contributed by atoms with Crippen molar-refractivity contribution in [3.63, 3.8) is 0 Å². The summed E-state index contributed by atoms with van der Waals surface area (Å²) in [6.07, 6.45) is 2.51. The van der Waals surface area contributed by atoms with Gasteiger partial charge in [0.05, 0.1) is 11.4 Å². The van der Waals surface area contributed by atoms with E-state index in [-0.39, 0.29) is 5.91 Å². The third-order valence-corrected chi connectivity index (χ3v) is 5.27. The fourth-order valence-electron chi connectivity index (χ4n) is 2.72. The van der Waals surface area contributed by atoms with Gasteiger partial charge >= 0.3 is 0 Å². The van der Waals surface area contributed by atoms with Crippen molar-refractivity contribution < 1.29 is 4.79 Å². The molecule has 1 amide bonds. The number of anilines is 1. The van der Waals surface area contributed by atoms with Gasteiger partial charge < -0.3 is 5.32 Å². The highest BCUT2D eigenvalue weighted by molar-refractivity contribution is 7.98. The molecule has 0 atom stereocenters.